The number of carbonyl (C=O) groups excluding carboxylic acids is 2. The molecule has 3 rings (SSSR count). The molecule has 0 bridgehead atoms. The van der Waals surface area contributed by atoms with Gasteiger partial charge in [0.2, 0.25) is 0 Å². The molecule has 126 valence electrons. The van der Waals surface area contributed by atoms with Crippen molar-refractivity contribution in [3.63, 3.8) is 0 Å². The lowest BCUT2D eigenvalue weighted by Crippen LogP contribution is -2.17. The second kappa shape index (κ2) is 6.91. The van der Waals surface area contributed by atoms with Gasteiger partial charge in [-0.2, -0.15) is 0 Å². The van der Waals surface area contributed by atoms with Gasteiger partial charge in [-0.05, 0) is 31.2 Å². The van der Waals surface area contributed by atoms with Gasteiger partial charge in [-0.15, -0.1) is 0 Å². The van der Waals surface area contributed by atoms with Crippen LogP contribution in [0.5, 0.6) is 0 Å². The van der Waals surface area contributed by atoms with Gasteiger partial charge in [-0.25, -0.2) is 4.39 Å². The van der Waals surface area contributed by atoms with Crippen LogP contribution in [0, 0.1) is 12.7 Å². The van der Waals surface area contributed by atoms with Crippen molar-refractivity contribution in [2.75, 3.05) is 10.6 Å². The number of nitrogens with one attached hydrogen (secondary N) is 2. The highest BCUT2D eigenvalue weighted by Gasteiger charge is 2.14. The highest BCUT2D eigenvalue weighted by Crippen LogP contribution is 2.14. The molecule has 0 saturated carbocycles. The van der Waals surface area contributed by atoms with Crippen molar-refractivity contribution in [3.05, 3.63) is 71.5 Å². The first-order valence-corrected chi connectivity index (χ1v) is 7.29. The van der Waals surface area contributed by atoms with Crippen molar-refractivity contribution in [2.24, 2.45) is 0 Å². The van der Waals surface area contributed by atoms with Crippen molar-refractivity contribution in [1.29, 1.82) is 0 Å². The molecular formula is C17H13FN4O3. The minimum Gasteiger partial charge on any atom is -0.360 e. The number of anilines is 2. The molecule has 2 amide bonds. The second-order valence-corrected chi connectivity index (χ2v) is 5.14. The van der Waals surface area contributed by atoms with Crippen LogP contribution in [0.15, 0.2) is 53.2 Å². The van der Waals surface area contributed by atoms with Gasteiger partial charge in [-0.3, -0.25) is 14.6 Å². The van der Waals surface area contributed by atoms with E-state index in [1.165, 1.54) is 36.5 Å². The summed E-state index contributed by atoms with van der Waals surface area (Å²) in [6, 6.07) is 10.1. The van der Waals surface area contributed by atoms with Crippen LogP contribution in [-0.2, 0) is 0 Å². The Morgan fingerprint density at radius 2 is 1.88 bits per heavy atom. The minimum atomic E-state index is -0.628. The monoisotopic (exact) mass is 340 g/mol. The molecule has 2 N–H and O–H groups in total. The summed E-state index contributed by atoms with van der Waals surface area (Å²) in [6.45, 7) is 1.69. The van der Waals surface area contributed by atoms with Crippen molar-refractivity contribution in [3.8, 4) is 0 Å². The zero-order valence-electron chi connectivity index (χ0n) is 13.1. The third kappa shape index (κ3) is 3.86. The van der Waals surface area contributed by atoms with E-state index in [1.807, 2.05) is 0 Å². The summed E-state index contributed by atoms with van der Waals surface area (Å²) >= 11 is 0. The number of aryl methyl sites for hydroxylation is 1. The van der Waals surface area contributed by atoms with Crippen LogP contribution in [-0.4, -0.2) is 22.0 Å². The Labute approximate surface area is 141 Å². The van der Waals surface area contributed by atoms with Gasteiger partial charge >= 0.3 is 0 Å². The average Bonchev–Trinajstić information content (AvgIpc) is 3.02. The van der Waals surface area contributed by atoms with Crippen LogP contribution in [0.3, 0.4) is 0 Å². The van der Waals surface area contributed by atoms with Crippen LogP contribution >= 0.6 is 0 Å². The fourth-order valence-corrected chi connectivity index (χ4v) is 2.06. The van der Waals surface area contributed by atoms with E-state index in [1.54, 1.807) is 19.1 Å². The minimum absolute atomic E-state index is 0.0211. The SMILES string of the molecule is Cc1cc(NC(=O)c2ccnc(C(=O)Nc3ccccc3F)c2)no1. The van der Waals surface area contributed by atoms with Crippen LogP contribution in [0.1, 0.15) is 26.6 Å². The average molecular weight is 340 g/mol. The van der Waals surface area contributed by atoms with Gasteiger partial charge in [0, 0.05) is 17.8 Å². The van der Waals surface area contributed by atoms with E-state index in [4.69, 9.17) is 4.52 Å². The molecule has 8 heteroatoms. The normalized spacial score (nSPS) is 10.3. The lowest BCUT2D eigenvalue weighted by Gasteiger charge is -2.07. The first-order chi connectivity index (χ1) is 12.0. The molecule has 3 aromatic rings. The number of halogens is 1. The molecule has 0 spiro atoms. The molecule has 0 unspecified atom stereocenters. The van der Waals surface area contributed by atoms with E-state index in [0.29, 0.717) is 5.76 Å². The summed E-state index contributed by atoms with van der Waals surface area (Å²) in [5.41, 5.74) is 0.212. The molecule has 0 atom stereocenters. The van der Waals surface area contributed by atoms with E-state index in [9.17, 15) is 14.0 Å². The molecule has 7 nitrogen and oxygen atoms in total. The van der Waals surface area contributed by atoms with Crippen LogP contribution in [0.25, 0.3) is 0 Å². The number of amides is 2. The lowest BCUT2D eigenvalue weighted by molar-refractivity contribution is 0.102. The molecule has 2 heterocycles. The maximum atomic E-state index is 13.6. The summed E-state index contributed by atoms with van der Waals surface area (Å²) < 4.78 is 18.5. The van der Waals surface area contributed by atoms with Crippen LogP contribution < -0.4 is 10.6 Å². The Morgan fingerprint density at radius 1 is 1.08 bits per heavy atom. The number of aromatic nitrogens is 2. The molecule has 0 aliphatic carbocycles. The maximum Gasteiger partial charge on any atom is 0.274 e. The largest absolute Gasteiger partial charge is 0.360 e. The fourth-order valence-electron chi connectivity index (χ4n) is 2.06. The number of hydrogen-bond donors (Lipinski definition) is 2. The first-order valence-electron chi connectivity index (χ1n) is 7.29. The Morgan fingerprint density at radius 3 is 2.60 bits per heavy atom. The van der Waals surface area contributed by atoms with Crippen LogP contribution in [0.2, 0.25) is 0 Å². The molecule has 0 aliphatic heterocycles. The highest BCUT2D eigenvalue weighted by molar-refractivity contribution is 6.07. The zero-order valence-corrected chi connectivity index (χ0v) is 13.1. The predicted octanol–water partition coefficient (Wildman–Crippen LogP) is 3.02. The Balaban J connectivity index is 1.75. The van der Waals surface area contributed by atoms with Crippen molar-refractivity contribution in [1.82, 2.24) is 10.1 Å². The van der Waals surface area contributed by atoms with E-state index in [-0.39, 0.29) is 22.8 Å². The summed E-state index contributed by atoms with van der Waals surface area (Å²) in [4.78, 5) is 28.3. The van der Waals surface area contributed by atoms with Gasteiger partial charge < -0.3 is 15.2 Å². The Kier molecular flexibility index (Phi) is 4.51. The molecule has 2 aromatic heterocycles. The number of carbonyl (C=O) groups is 2. The molecule has 1 aromatic carbocycles. The van der Waals surface area contributed by atoms with Crippen molar-refractivity contribution >= 4 is 23.3 Å². The molecule has 0 fully saturated rings. The summed E-state index contributed by atoms with van der Waals surface area (Å²) in [6.07, 6.45) is 1.32. The number of rotatable bonds is 4. The summed E-state index contributed by atoms with van der Waals surface area (Å²) in [7, 11) is 0. The van der Waals surface area contributed by atoms with Gasteiger partial charge in [0.15, 0.2) is 5.82 Å². The Hall–Kier alpha value is -3.55. The van der Waals surface area contributed by atoms with Crippen molar-refractivity contribution in [2.45, 2.75) is 6.92 Å². The molecule has 0 saturated heterocycles. The molecular weight excluding hydrogens is 327 g/mol. The first kappa shape index (κ1) is 16.3. The van der Waals surface area contributed by atoms with Gasteiger partial charge in [0.1, 0.15) is 17.3 Å². The predicted molar refractivity (Wildman–Crippen MR) is 87.8 cm³/mol. The van der Waals surface area contributed by atoms with Crippen molar-refractivity contribution < 1.29 is 18.5 Å². The highest BCUT2D eigenvalue weighted by atomic mass is 19.1. The maximum absolute atomic E-state index is 13.6. The second-order valence-electron chi connectivity index (χ2n) is 5.14. The summed E-state index contributed by atoms with van der Waals surface area (Å²) in [5.74, 6) is -0.856. The van der Waals surface area contributed by atoms with Gasteiger partial charge in [-0.1, -0.05) is 17.3 Å². The smallest absolute Gasteiger partial charge is 0.274 e. The van der Waals surface area contributed by atoms with E-state index >= 15 is 0 Å². The number of nitrogens with zero attached hydrogens (tertiary/aromatic N) is 2. The number of pyridine rings is 1. The molecule has 25 heavy (non-hydrogen) atoms. The fraction of sp³-hybridized carbons (Fsp3) is 0.0588. The number of para-hydroxylation sites is 1. The third-order valence-electron chi connectivity index (χ3n) is 3.25. The zero-order chi connectivity index (χ0) is 17.8. The standard InChI is InChI=1S/C17H13FN4O3/c1-10-8-15(22-25-10)21-16(23)11-6-7-19-14(9-11)17(24)20-13-5-3-2-4-12(13)18/h2-9H,1H3,(H,20,24)(H,21,22,23). The number of benzene rings is 1. The van der Waals surface area contributed by atoms with E-state index in [2.05, 4.69) is 20.8 Å². The van der Waals surface area contributed by atoms with E-state index in [0.717, 1.165) is 0 Å². The number of hydrogen-bond acceptors (Lipinski definition) is 5. The van der Waals surface area contributed by atoms with Gasteiger partial charge in [0.25, 0.3) is 11.8 Å². The van der Waals surface area contributed by atoms with Crippen LogP contribution in [0.4, 0.5) is 15.9 Å². The molecule has 0 aliphatic rings. The van der Waals surface area contributed by atoms with Gasteiger partial charge in [0.05, 0.1) is 5.69 Å². The Bertz CT molecular complexity index is 939. The quantitative estimate of drug-likeness (QED) is 0.761. The topological polar surface area (TPSA) is 97.1 Å². The third-order valence-corrected chi connectivity index (χ3v) is 3.25. The lowest BCUT2D eigenvalue weighted by atomic mass is 10.2. The molecule has 0 radical (unpaired) electrons. The van der Waals surface area contributed by atoms with E-state index < -0.39 is 17.6 Å². The summed E-state index contributed by atoms with van der Waals surface area (Å²) in [5, 5.41) is 8.61.